The lowest BCUT2D eigenvalue weighted by Gasteiger charge is -2.16. The van der Waals surface area contributed by atoms with Gasteiger partial charge in [-0.15, -0.1) is 0 Å². The summed E-state index contributed by atoms with van der Waals surface area (Å²) in [7, 11) is 0. The molecule has 0 aromatic rings. The SMILES string of the molecule is C=CCOC(=O)C1CC2CC1C1OC21. The smallest absolute Gasteiger partial charge is 0.309 e. The molecule has 14 heavy (non-hydrogen) atoms. The van der Waals surface area contributed by atoms with Gasteiger partial charge in [-0.2, -0.15) is 0 Å². The Labute approximate surface area is 83.1 Å². The number of fused-ring (bicyclic) bond motifs is 5. The Morgan fingerprint density at radius 2 is 2.36 bits per heavy atom. The molecule has 5 unspecified atom stereocenters. The van der Waals surface area contributed by atoms with E-state index in [1.165, 1.54) is 6.42 Å². The van der Waals surface area contributed by atoms with Crippen molar-refractivity contribution in [3.63, 3.8) is 0 Å². The number of ether oxygens (including phenoxy) is 2. The maximum atomic E-state index is 11.6. The van der Waals surface area contributed by atoms with Gasteiger partial charge in [0.15, 0.2) is 0 Å². The van der Waals surface area contributed by atoms with Crippen LogP contribution in [0.25, 0.3) is 0 Å². The molecule has 3 aliphatic rings. The molecule has 0 amide bonds. The molecule has 76 valence electrons. The second-order valence-electron chi connectivity index (χ2n) is 4.49. The topological polar surface area (TPSA) is 38.8 Å². The van der Waals surface area contributed by atoms with E-state index in [1.54, 1.807) is 6.08 Å². The molecular weight excluding hydrogens is 180 g/mol. The van der Waals surface area contributed by atoms with Crippen LogP contribution in [0.15, 0.2) is 12.7 Å². The number of carbonyl (C=O) groups excluding carboxylic acids is 1. The summed E-state index contributed by atoms with van der Waals surface area (Å²) in [6.45, 7) is 3.86. The summed E-state index contributed by atoms with van der Waals surface area (Å²) in [6, 6.07) is 0. The van der Waals surface area contributed by atoms with Gasteiger partial charge in [-0.05, 0) is 18.8 Å². The van der Waals surface area contributed by atoms with Gasteiger partial charge in [0.1, 0.15) is 6.61 Å². The van der Waals surface area contributed by atoms with Gasteiger partial charge in [-0.25, -0.2) is 0 Å². The van der Waals surface area contributed by atoms with Crippen LogP contribution in [-0.4, -0.2) is 24.8 Å². The van der Waals surface area contributed by atoms with Crippen molar-refractivity contribution in [3.05, 3.63) is 12.7 Å². The first kappa shape index (κ1) is 8.48. The Kier molecular flexibility index (Phi) is 1.71. The van der Waals surface area contributed by atoms with Crippen LogP contribution in [0, 0.1) is 17.8 Å². The predicted octanol–water partition coefficient (Wildman–Crippen LogP) is 1.14. The Balaban J connectivity index is 1.64. The molecule has 1 heterocycles. The zero-order chi connectivity index (χ0) is 9.71. The monoisotopic (exact) mass is 194 g/mol. The third-order valence-corrected chi connectivity index (χ3v) is 3.74. The van der Waals surface area contributed by atoms with Gasteiger partial charge in [0.05, 0.1) is 18.1 Å². The van der Waals surface area contributed by atoms with Crippen LogP contribution < -0.4 is 0 Å². The van der Waals surface area contributed by atoms with E-state index in [2.05, 4.69) is 6.58 Å². The third-order valence-electron chi connectivity index (χ3n) is 3.74. The van der Waals surface area contributed by atoms with E-state index in [0.717, 1.165) is 6.42 Å². The van der Waals surface area contributed by atoms with Crippen molar-refractivity contribution in [2.75, 3.05) is 6.61 Å². The summed E-state index contributed by atoms with van der Waals surface area (Å²) in [4.78, 5) is 11.6. The van der Waals surface area contributed by atoms with Crippen LogP contribution in [0.2, 0.25) is 0 Å². The Morgan fingerprint density at radius 1 is 1.50 bits per heavy atom. The number of carbonyl (C=O) groups is 1. The number of epoxide rings is 1. The van der Waals surface area contributed by atoms with Crippen molar-refractivity contribution in [2.24, 2.45) is 17.8 Å². The van der Waals surface area contributed by atoms with Gasteiger partial charge in [0.25, 0.3) is 0 Å². The zero-order valence-corrected chi connectivity index (χ0v) is 8.02. The highest BCUT2D eigenvalue weighted by Gasteiger charge is 2.64. The van der Waals surface area contributed by atoms with E-state index < -0.39 is 0 Å². The molecule has 2 saturated carbocycles. The summed E-state index contributed by atoms with van der Waals surface area (Å²) < 4.78 is 10.6. The third kappa shape index (κ3) is 1.05. The fourth-order valence-electron chi connectivity index (χ4n) is 3.12. The van der Waals surface area contributed by atoms with E-state index in [9.17, 15) is 4.79 Å². The average Bonchev–Trinajstić information content (AvgIpc) is 2.81. The van der Waals surface area contributed by atoms with Crippen molar-refractivity contribution in [1.29, 1.82) is 0 Å². The average molecular weight is 194 g/mol. The van der Waals surface area contributed by atoms with E-state index in [0.29, 0.717) is 30.7 Å². The molecule has 0 radical (unpaired) electrons. The highest BCUT2D eigenvalue weighted by atomic mass is 16.6. The van der Waals surface area contributed by atoms with E-state index in [1.807, 2.05) is 0 Å². The maximum absolute atomic E-state index is 11.6. The lowest BCUT2D eigenvalue weighted by atomic mass is 9.89. The largest absolute Gasteiger partial charge is 0.461 e. The number of hydrogen-bond donors (Lipinski definition) is 0. The number of hydrogen-bond acceptors (Lipinski definition) is 3. The molecule has 2 aliphatic carbocycles. The van der Waals surface area contributed by atoms with Crippen molar-refractivity contribution >= 4 is 5.97 Å². The van der Waals surface area contributed by atoms with Crippen LogP contribution in [-0.2, 0) is 14.3 Å². The highest BCUT2D eigenvalue weighted by Crippen LogP contribution is 2.58. The number of rotatable bonds is 3. The summed E-state index contributed by atoms with van der Waals surface area (Å²) in [5.74, 6) is 1.13. The summed E-state index contributed by atoms with van der Waals surface area (Å²) in [6.07, 6.45) is 4.63. The number of esters is 1. The molecule has 3 rings (SSSR count). The van der Waals surface area contributed by atoms with Gasteiger partial charge in [0, 0.05) is 5.92 Å². The van der Waals surface area contributed by atoms with E-state index in [4.69, 9.17) is 9.47 Å². The molecule has 3 fully saturated rings. The van der Waals surface area contributed by atoms with Crippen molar-refractivity contribution in [2.45, 2.75) is 25.0 Å². The van der Waals surface area contributed by atoms with Crippen molar-refractivity contribution in [1.82, 2.24) is 0 Å². The highest BCUT2D eigenvalue weighted by molar-refractivity contribution is 5.74. The molecule has 2 bridgehead atoms. The lowest BCUT2D eigenvalue weighted by Crippen LogP contribution is -2.27. The summed E-state index contributed by atoms with van der Waals surface area (Å²) in [5, 5.41) is 0. The fraction of sp³-hybridized carbons (Fsp3) is 0.727. The molecule has 3 nitrogen and oxygen atoms in total. The molecule has 0 spiro atoms. The normalized spacial score (nSPS) is 47.3. The first-order valence-electron chi connectivity index (χ1n) is 5.24. The first-order valence-corrected chi connectivity index (χ1v) is 5.24. The molecule has 3 heteroatoms. The summed E-state index contributed by atoms with van der Waals surface area (Å²) in [5.41, 5.74) is 0. The van der Waals surface area contributed by atoms with Gasteiger partial charge in [-0.1, -0.05) is 12.7 Å². The van der Waals surface area contributed by atoms with Crippen molar-refractivity contribution in [3.8, 4) is 0 Å². The molecule has 1 saturated heterocycles. The molecule has 0 N–H and O–H groups in total. The predicted molar refractivity (Wildman–Crippen MR) is 49.5 cm³/mol. The zero-order valence-electron chi connectivity index (χ0n) is 8.02. The van der Waals surface area contributed by atoms with Crippen LogP contribution in [0.5, 0.6) is 0 Å². The Bertz CT molecular complexity index is 286. The van der Waals surface area contributed by atoms with E-state index >= 15 is 0 Å². The minimum atomic E-state index is -0.0497. The van der Waals surface area contributed by atoms with Gasteiger partial charge >= 0.3 is 5.97 Å². The van der Waals surface area contributed by atoms with Gasteiger partial charge < -0.3 is 9.47 Å². The van der Waals surface area contributed by atoms with Crippen LogP contribution in [0.3, 0.4) is 0 Å². The van der Waals surface area contributed by atoms with Crippen LogP contribution in [0.4, 0.5) is 0 Å². The molecule has 5 atom stereocenters. The minimum absolute atomic E-state index is 0.0497. The Morgan fingerprint density at radius 3 is 3.00 bits per heavy atom. The molecule has 1 aliphatic heterocycles. The summed E-state index contributed by atoms with van der Waals surface area (Å²) >= 11 is 0. The van der Waals surface area contributed by atoms with Gasteiger partial charge in [0.2, 0.25) is 0 Å². The molecule has 0 aromatic heterocycles. The Hall–Kier alpha value is -0.830. The first-order chi connectivity index (χ1) is 6.81. The maximum Gasteiger partial charge on any atom is 0.309 e. The van der Waals surface area contributed by atoms with Gasteiger partial charge in [-0.3, -0.25) is 4.79 Å². The van der Waals surface area contributed by atoms with Crippen LogP contribution in [0.1, 0.15) is 12.8 Å². The second kappa shape index (κ2) is 2.83. The fourth-order valence-corrected chi connectivity index (χ4v) is 3.12. The van der Waals surface area contributed by atoms with E-state index in [-0.39, 0.29) is 11.9 Å². The standard InChI is InChI=1S/C11H14O3/c1-2-3-13-11(12)8-5-6-4-7(8)10-9(6)14-10/h2,6-10H,1,3-5H2. The lowest BCUT2D eigenvalue weighted by molar-refractivity contribution is -0.149. The molecule has 0 aromatic carbocycles. The van der Waals surface area contributed by atoms with Crippen molar-refractivity contribution < 1.29 is 14.3 Å². The minimum Gasteiger partial charge on any atom is -0.461 e. The molecular formula is C11H14O3. The van der Waals surface area contributed by atoms with Crippen LogP contribution >= 0.6 is 0 Å². The second-order valence-corrected chi connectivity index (χ2v) is 4.49. The quantitative estimate of drug-likeness (QED) is 0.384.